The zero-order valence-corrected chi connectivity index (χ0v) is 12.0. The highest BCUT2D eigenvalue weighted by Crippen LogP contribution is 2.21. The fourth-order valence-corrected chi connectivity index (χ4v) is 2.12. The molecule has 2 aromatic rings. The topological polar surface area (TPSA) is 29.9 Å². The maximum atomic E-state index is 6.17. The van der Waals surface area contributed by atoms with Crippen molar-refractivity contribution in [3.8, 4) is 0 Å². The molecular weight excluding hydrogens is 302 g/mol. The maximum absolute atomic E-state index is 6.17. The SMILES string of the molecule is Cc1nn(C)c(CNc2ccc(Br)cc2)c1Cl. The zero-order valence-electron chi connectivity index (χ0n) is 9.67. The Labute approximate surface area is 114 Å². The highest BCUT2D eigenvalue weighted by molar-refractivity contribution is 9.10. The summed E-state index contributed by atoms with van der Waals surface area (Å²) in [5.74, 6) is 0. The molecule has 17 heavy (non-hydrogen) atoms. The number of nitrogens with one attached hydrogen (secondary N) is 1. The monoisotopic (exact) mass is 313 g/mol. The fourth-order valence-electron chi connectivity index (χ4n) is 1.63. The predicted molar refractivity (Wildman–Crippen MR) is 74.4 cm³/mol. The van der Waals surface area contributed by atoms with Crippen LogP contribution >= 0.6 is 27.5 Å². The first-order valence-electron chi connectivity index (χ1n) is 5.25. The van der Waals surface area contributed by atoms with Crippen molar-refractivity contribution in [2.75, 3.05) is 5.32 Å². The zero-order chi connectivity index (χ0) is 12.4. The molecule has 0 unspecified atom stereocenters. The van der Waals surface area contributed by atoms with Crippen molar-refractivity contribution >= 4 is 33.2 Å². The molecule has 0 spiro atoms. The Morgan fingerprint density at radius 1 is 1.35 bits per heavy atom. The van der Waals surface area contributed by atoms with Gasteiger partial charge in [0.2, 0.25) is 0 Å². The maximum Gasteiger partial charge on any atom is 0.0865 e. The molecule has 90 valence electrons. The summed E-state index contributed by atoms with van der Waals surface area (Å²) in [5.41, 5.74) is 2.91. The van der Waals surface area contributed by atoms with Gasteiger partial charge >= 0.3 is 0 Å². The van der Waals surface area contributed by atoms with E-state index in [2.05, 4.69) is 26.3 Å². The van der Waals surface area contributed by atoms with E-state index >= 15 is 0 Å². The first kappa shape index (κ1) is 12.5. The van der Waals surface area contributed by atoms with Crippen LogP contribution in [0.1, 0.15) is 11.4 Å². The molecule has 0 fully saturated rings. The van der Waals surface area contributed by atoms with Gasteiger partial charge in [-0.25, -0.2) is 0 Å². The third kappa shape index (κ3) is 2.82. The standard InChI is InChI=1S/C12H13BrClN3/c1-8-12(14)11(17(2)16-8)7-15-10-5-3-9(13)4-6-10/h3-6,15H,7H2,1-2H3. The lowest BCUT2D eigenvalue weighted by Gasteiger charge is -2.07. The molecule has 5 heteroatoms. The molecule has 0 aliphatic carbocycles. The van der Waals surface area contributed by atoms with Gasteiger partial charge in [0, 0.05) is 17.2 Å². The molecule has 0 aliphatic rings. The van der Waals surface area contributed by atoms with Gasteiger partial charge in [-0.15, -0.1) is 0 Å². The molecule has 1 heterocycles. The first-order valence-corrected chi connectivity index (χ1v) is 6.42. The van der Waals surface area contributed by atoms with Crippen molar-refractivity contribution in [1.29, 1.82) is 0 Å². The minimum Gasteiger partial charge on any atom is -0.379 e. The van der Waals surface area contributed by atoms with Gasteiger partial charge in [-0.05, 0) is 31.2 Å². The normalized spacial score (nSPS) is 10.6. The van der Waals surface area contributed by atoms with Gasteiger partial charge in [0.1, 0.15) is 0 Å². The lowest BCUT2D eigenvalue weighted by molar-refractivity contribution is 0.713. The smallest absolute Gasteiger partial charge is 0.0865 e. The summed E-state index contributed by atoms with van der Waals surface area (Å²) in [5, 5.41) is 8.32. The number of hydrogen-bond acceptors (Lipinski definition) is 2. The number of hydrogen-bond donors (Lipinski definition) is 1. The second kappa shape index (κ2) is 5.10. The van der Waals surface area contributed by atoms with Crippen molar-refractivity contribution in [1.82, 2.24) is 9.78 Å². The van der Waals surface area contributed by atoms with Gasteiger partial charge < -0.3 is 5.32 Å². The number of benzene rings is 1. The summed E-state index contributed by atoms with van der Waals surface area (Å²) in [7, 11) is 1.90. The average molecular weight is 315 g/mol. The van der Waals surface area contributed by atoms with E-state index in [1.54, 1.807) is 0 Å². The number of rotatable bonds is 3. The van der Waals surface area contributed by atoms with Gasteiger partial charge in [-0.2, -0.15) is 5.10 Å². The third-order valence-electron chi connectivity index (χ3n) is 2.57. The van der Waals surface area contributed by atoms with E-state index in [1.165, 1.54) is 0 Å². The van der Waals surface area contributed by atoms with Gasteiger partial charge in [0.05, 0.1) is 23.0 Å². The molecule has 0 radical (unpaired) electrons. The molecule has 2 rings (SSSR count). The van der Waals surface area contributed by atoms with Crippen LogP contribution in [0.4, 0.5) is 5.69 Å². The van der Waals surface area contributed by atoms with Crippen LogP contribution in [-0.2, 0) is 13.6 Å². The van der Waals surface area contributed by atoms with Crippen LogP contribution < -0.4 is 5.32 Å². The Bertz CT molecular complexity index is 519. The summed E-state index contributed by atoms with van der Waals surface area (Å²) < 4.78 is 2.88. The Balaban J connectivity index is 2.09. The largest absolute Gasteiger partial charge is 0.379 e. The van der Waals surface area contributed by atoms with Crippen LogP contribution in [0.15, 0.2) is 28.7 Å². The summed E-state index contributed by atoms with van der Waals surface area (Å²) in [6, 6.07) is 8.03. The number of aromatic nitrogens is 2. The molecule has 3 nitrogen and oxygen atoms in total. The highest BCUT2D eigenvalue weighted by Gasteiger charge is 2.10. The molecule has 1 N–H and O–H groups in total. The van der Waals surface area contributed by atoms with Crippen molar-refractivity contribution in [2.24, 2.45) is 7.05 Å². The predicted octanol–water partition coefficient (Wildman–Crippen LogP) is 3.76. The van der Waals surface area contributed by atoms with Crippen molar-refractivity contribution in [3.63, 3.8) is 0 Å². The number of aryl methyl sites for hydroxylation is 2. The lowest BCUT2D eigenvalue weighted by atomic mass is 10.3. The quantitative estimate of drug-likeness (QED) is 0.935. The van der Waals surface area contributed by atoms with Crippen molar-refractivity contribution < 1.29 is 0 Å². The van der Waals surface area contributed by atoms with Crippen LogP contribution in [-0.4, -0.2) is 9.78 Å². The third-order valence-corrected chi connectivity index (χ3v) is 3.59. The summed E-state index contributed by atoms with van der Waals surface area (Å²) in [4.78, 5) is 0. The minimum atomic E-state index is 0.664. The Morgan fingerprint density at radius 3 is 2.53 bits per heavy atom. The number of nitrogens with zero attached hydrogens (tertiary/aromatic N) is 2. The first-order chi connectivity index (χ1) is 8.08. The lowest BCUT2D eigenvalue weighted by Crippen LogP contribution is -2.05. The van der Waals surface area contributed by atoms with E-state index in [9.17, 15) is 0 Å². The Morgan fingerprint density at radius 2 is 2.00 bits per heavy atom. The van der Waals surface area contributed by atoms with Crippen molar-refractivity contribution in [3.05, 3.63) is 45.1 Å². The van der Waals surface area contributed by atoms with Gasteiger partial charge in [0.15, 0.2) is 0 Å². The van der Waals surface area contributed by atoms with E-state index in [1.807, 2.05) is 42.9 Å². The Kier molecular flexibility index (Phi) is 3.74. The van der Waals surface area contributed by atoms with Crippen LogP contribution in [0.2, 0.25) is 5.02 Å². The minimum absolute atomic E-state index is 0.664. The van der Waals surface area contributed by atoms with Gasteiger partial charge in [0.25, 0.3) is 0 Å². The van der Waals surface area contributed by atoms with Gasteiger partial charge in [-0.1, -0.05) is 27.5 Å². The van der Waals surface area contributed by atoms with E-state index in [-0.39, 0.29) is 0 Å². The van der Waals surface area contributed by atoms with E-state index in [4.69, 9.17) is 11.6 Å². The number of halogens is 2. The Hall–Kier alpha value is -1.000. The second-order valence-corrected chi connectivity index (χ2v) is 5.12. The van der Waals surface area contributed by atoms with Crippen LogP contribution in [0.5, 0.6) is 0 Å². The van der Waals surface area contributed by atoms with Crippen molar-refractivity contribution in [2.45, 2.75) is 13.5 Å². The average Bonchev–Trinajstić information content (AvgIpc) is 2.54. The van der Waals surface area contributed by atoms with Crippen LogP contribution in [0, 0.1) is 6.92 Å². The number of anilines is 1. The molecule has 0 aliphatic heterocycles. The fraction of sp³-hybridized carbons (Fsp3) is 0.250. The molecule has 0 saturated heterocycles. The van der Waals surface area contributed by atoms with E-state index < -0.39 is 0 Å². The molecule has 0 saturated carbocycles. The molecular formula is C12H13BrClN3. The molecule has 1 aromatic carbocycles. The van der Waals surface area contributed by atoms with E-state index in [0.717, 1.165) is 26.6 Å². The molecule has 1 aromatic heterocycles. The summed E-state index contributed by atoms with van der Waals surface area (Å²) >= 11 is 9.58. The van der Waals surface area contributed by atoms with E-state index in [0.29, 0.717) is 6.54 Å². The second-order valence-electron chi connectivity index (χ2n) is 3.83. The molecule has 0 atom stereocenters. The highest BCUT2D eigenvalue weighted by atomic mass is 79.9. The molecule has 0 bridgehead atoms. The summed E-state index contributed by atoms with van der Waals surface area (Å²) in [6.45, 7) is 2.57. The van der Waals surface area contributed by atoms with Gasteiger partial charge in [-0.3, -0.25) is 4.68 Å². The molecule has 0 amide bonds. The summed E-state index contributed by atoms with van der Waals surface area (Å²) in [6.07, 6.45) is 0. The van der Waals surface area contributed by atoms with Crippen LogP contribution in [0.3, 0.4) is 0 Å². The van der Waals surface area contributed by atoms with Crippen LogP contribution in [0.25, 0.3) is 0 Å².